The van der Waals surface area contributed by atoms with Crippen LogP contribution in [0.3, 0.4) is 0 Å². The predicted molar refractivity (Wildman–Crippen MR) is 68.7 cm³/mol. The van der Waals surface area contributed by atoms with Gasteiger partial charge in [0.2, 0.25) is 0 Å². The second kappa shape index (κ2) is 5.14. The molecule has 0 aliphatic heterocycles. The quantitative estimate of drug-likeness (QED) is 0.848. The minimum Gasteiger partial charge on any atom is -0.392 e. The lowest BCUT2D eigenvalue weighted by atomic mass is 10.2. The molecule has 16 heavy (non-hydrogen) atoms. The molecule has 2 N–H and O–H groups in total. The van der Waals surface area contributed by atoms with Crippen molar-refractivity contribution in [1.29, 1.82) is 0 Å². The van der Waals surface area contributed by atoms with E-state index in [1.165, 1.54) is 4.88 Å². The van der Waals surface area contributed by atoms with Gasteiger partial charge in [-0.3, -0.25) is 0 Å². The fraction of sp³-hybridized carbons (Fsp3) is 0.231. The SMILES string of the molecule is CC(Nc1ccc(CO)cc1)c1cccs1. The van der Waals surface area contributed by atoms with E-state index < -0.39 is 0 Å². The first-order valence-electron chi connectivity index (χ1n) is 5.29. The Labute approximate surface area is 99.6 Å². The third-order valence-electron chi connectivity index (χ3n) is 2.49. The van der Waals surface area contributed by atoms with Gasteiger partial charge in [0.25, 0.3) is 0 Å². The van der Waals surface area contributed by atoms with Gasteiger partial charge in [0, 0.05) is 10.6 Å². The average Bonchev–Trinajstić information content (AvgIpc) is 2.83. The van der Waals surface area contributed by atoms with Gasteiger partial charge in [-0.05, 0) is 36.1 Å². The first kappa shape index (κ1) is 11.2. The monoisotopic (exact) mass is 233 g/mol. The Balaban J connectivity index is 2.03. The van der Waals surface area contributed by atoms with E-state index in [0.29, 0.717) is 6.04 Å². The number of aliphatic hydroxyl groups excluding tert-OH is 1. The van der Waals surface area contributed by atoms with E-state index in [2.05, 4.69) is 29.8 Å². The fourth-order valence-corrected chi connectivity index (χ4v) is 2.30. The molecule has 1 heterocycles. The number of rotatable bonds is 4. The van der Waals surface area contributed by atoms with Crippen LogP contribution in [0.2, 0.25) is 0 Å². The van der Waals surface area contributed by atoms with Crippen molar-refractivity contribution in [1.82, 2.24) is 0 Å². The minimum absolute atomic E-state index is 0.0980. The summed E-state index contributed by atoms with van der Waals surface area (Å²) in [5.74, 6) is 0. The topological polar surface area (TPSA) is 32.3 Å². The summed E-state index contributed by atoms with van der Waals surface area (Å²) in [7, 11) is 0. The molecule has 1 unspecified atom stereocenters. The summed E-state index contributed by atoms with van der Waals surface area (Å²) in [6.45, 7) is 2.24. The van der Waals surface area contributed by atoms with E-state index in [9.17, 15) is 0 Å². The van der Waals surface area contributed by atoms with E-state index in [1.807, 2.05) is 24.3 Å². The molecule has 0 spiro atoms. The van der Waals surface area contributed by atoms with E-state index in [0.717, 1.165) is 11.3 Å². The lowest BCUT2D eigenvalue weighted by Crippen LogP contribution is -2.04. The van der Waals surface area contributed by atoms with Gasteiger partial charge in [-0.15, -0.1) is 11.3 Å². The normalized spacial score (nSPS) is 12.4. The molecule has 1 aromatic heterocycles. The first-order valence-corrected chi connectivity index (χ1v) is 6.17. The van der Waals surface area contributed by atoms with Crippen molar-refractivity contribution in [3.05, 3.63) is 52.2 Å². The van der Waals surface area contributed by atoms with E-state index in [1.54, 1.807) is 11.3 Å². The second-order valence-electron chi connectivity index (χ2n) is 3.74. The Bertz CT molecular complexity index is 422. The summed E-state index contributed by atoms with van der Waals surface area (Å²) in [5, 5.41) is 14.5. The third-order valence-corrected chi connectivity index (χ3v) is 3.54. The molecule has 0 saturated carbocycles. The molecule has 1 aromatic carbocycles. The smallest absolute Gasteiger partial charge is 0.0681 e. The summed E-state index contributed by atoms with van der Waals surface area (Å²) in [4.78, 5) is 1.33. The Hall–Kier alpha value is -1.32. The standard InChI is InChI=1S/C13H15NOS/c1-10(13-3-2-8-16-13)14-12-6-4-11(9-15)5-7-12/h2-8,10,14-15H,9H2,1H3. The highest BCUT2D eigenvalue weighted by atomic mass is 32.1. The molecule has 0 aliphatic carbocycles. The molecule has 0 radical (unpaired) electrons. The van der Waals surface area contributed by atoms with Gasteiger partial charge < -0.3 is 10.4 Å². The fourth-order valence-electron chi connectivity index (χ4n) is 1.57. The molecule has 84 valence electrons. The van der Waals surface area contributed by atoms with Gasteiger partial charge in [-0.25, -0.2) is 0 Å². The zero-order chi connectivity index (χ0) is 11.4. The molecule has 3 heteroatoms. The molecule has 2 rings (SSSR count). The van der Waals surface area contributed by atoms with Crippen LogP contribution in [-0.2, 0) is 6.61 Å². The predicted octanol–water partition coefficient (Wildman–Crippen LogP) is 3.41. The molecular formula is C13H15NOS. The van der Waals surface area contributed by atoms with Crippen molar-refractivity contribution in [2.75, 3.05) is 5.32 Å². The van der Waals surface area contributed by atoms with E-state index in [-0.39, 0.29) is 6.61 Å². The summed E-state index contributed by atoms with van der Waals surface area (Å²) in [6.07, 6.45) is 0. The molecule has 2 aromatic rings. The van der Waals surface area contributed by atoms with E-state index >= 15 is 0 Å². The second-order valence-corrected chi connectivity index (χ2v) is 4.72. The largest absolute Gasteiger partial charge is 0.392 e. The highest BCUT2D eigenvalue weighted by Crippen LogP contribution is 2.23. The van der Waals surface area contributed by atoms with Gasteiger partial charge in [-0.2, -0.15) is 0 Å². The molecule has 0 amide bonds. The van der Waals surface area contributed by atoms with Gasteiger partial charge >= 0.3 is 0 Å². The van der Waals surface area contributed by atoms with Gasteiger partial charge in [0.15, 0.2) is 0 Å². The van der Waals surface area contributed by atoms with Crippen LogP contribution >= 0.6 is 11.3 Å². The highest BCUT2D eigenvalue weighted by Gasteiger charge is 2.05. The number of benzene rings is 1. The summed E-state index contributed by atoms with van der Waals surface area (Å²) < 4.78 is 0. The maximum Gasteiger partial charge on any atom is 0.0681 e. The molecule has 1 atom stereocenters. The van der Waals surface area contributed by atoms with Crippen LogP contribution < -0.4 is 5.32 Å². The summed E-state index contributed by atoms with van der Waals surface area (Å²) >= 11 is 1.76. The Kier molecular flexibility index (Phi) is 3.59. The van der Waals surface area contributed by atoms with Crippen LogP contribution in [0.15, 0.2) is 41.8 Å². The van der Waals surface area contributed by atoms with Crippen LogP contribution in [0.1, 0.15) is 23.4 Å². The minimum atomic E-state index is 0.0980. The summed E-state index contributed by atoms with van der Waals surface area (Å²) in [5.41, 5.74) is 2.02. The zero-order valence-corrected chi connectivity index (χ0v) is 10.00. The van der Waals surface area contributed by atoms with Gasteiger partial charge in [0.05, 0.1) is 12.6 Å². The Morgan fingerprint density at radius 2 is 2.00 bits per heavy atom. The van der Waals surface area contributed by atoms with Crippen LogP contribution in [0.25, 0.3) is 0 Å². The number of thiophene rings is 1. The maximum absolute atomic E-state index is 8.94. The molecule has 0 saturated heterocycles. The van der Waals surface area contributed by atoms with Crippen molar-refractivity contribution in [3.63, 3.8) is 0 Å². The van der Waals surface area contributed by atoms with Crippen molar-refractivity contribution in [2.24, 2.45) is 0 Å². The maximum atomic E-state index is 8.94. The third kappa shape index (κ3) is 2.62. The van der Waals surface area contributed by atoms with Crippen molar-refractivity contribution >= 4 is 17.0 Å². The number of nitrogens with one attached hydrogen (secondary N) is 1. The average molecular weight is 233 g/mol. The zero-order valence-electron chi connectivity index (χ0n) is 9.18. The molecule has 0 aliphatic rings. The molecule has 2 nitrogen and oxygen atoms in total. The van der Waals surface area contributed by atoms with Crippen molar-refractivity contribution in [3.8, 4) is 0 Å². The molecular weight excluding hydrogens is 218 g/mol. The van der Waals surface area contributed by atoms with Crippen LogP contribution in [0, 0.1) is 0 Å². The first-order chi connectivity index (χ1) is 7.79. The van der Waals surface area contributed by atoms with Crippen LogP contribution in [0.4, 0.5) is 5.69 Å². The van der Waals surface area contributed by atoms with Crippen LogP contribution in [-0.4, -0.2) is 5.11 Å². The lowest BCUT2D eigenvalue weighted by molar-refractivity contribution is 0.282. The number of aliphatic hydroxyl groups is 1. The lowest BCUT2D eigenvalue weighted by Gasteiger charge is -2.13. The van der Waals surface area contributed by atoms with Crippen molar-refractivity contribution in [2.45, 2.75) is 19.6 Å². The Morgan fingerprint density at radius 3 is 2.56 bits per heavy atom. The van der Waals surface area contributed by atoms with Gasteiger partial charge in [0.1, 0.15) is 0 Å². The van der Waals surface area contributed by atoms with Gasteiger partial charge in [-0.1, -0.05) is 18.2 Å². The van der Waals surface area contributed by atoms with E-state index in [4.69, 9.17) is 5.11 Å². The van der Waals surface area contributed by atoms with Crippen LogP contribution in [0.5, 0.6) is 0 Å². The Morgan fingerprint density at radius 1 is 1.25 bits per heavy atom. The van der Waals surface area contributed by atoms with Crippen molar-refractivity contribution < 1.29 is 5.11 Å². The number of anilines is 1. The molecule has 0 bridgehead atoms. The number of hydrogen-bond acceptors (Lipinski definition) is 3. The highest BCUT2D eigenvalue weighted by molar-refractivity contribution is 7.10. The number of hydrogen-bond donors (Lipinski definition) is 2. The molecule has 0 fully saturated rings. The summed E-state index contributed by atoms with van der Waals surface area (Å²) in [6, 6.07) is 12.4.